The molecular formula is C19H20FNO4. The van der Waals surface area contributed by atoms with Gasteiger partial charge in [0.1, 0.15) is 11.6 Å². The van der Waals surface area contributed by atoms with Crippen LogP contribution in [0.3, 0.4) is 0 Å². The lowest BCUT2D eigenvalue weighted by Crippen LogP contribution is -2.35. The smallest absolute Gasteiger partial charge is 0.308 e. The molecule has 0 saturated heterocycles. The highest BCUT2D eigenvalue weighted by Gasteiger charge is 2.20. The number of benzene rings is 2. The summed E-state index contributed by atoms with van der Waals surface area (Å²) in [7, 11) is 1.53. The van der Waals surface area contributed by atoms with Crippen molar-refractivity contribution in [3.05, 3.63) is 65.5 Å². The summed E-state index contributed by atoms with van der Waals surface area (Å²) in [4.78, 5) is 23.5. The summed E-state index contributed by atoms with van der Waals surface area (Å²) >= 11 is 0. The molecule has 0 aromatic heterocycles. The van der Waals surface area contributed by atoms with Gasteiger partial charge in [-0.05, 0) is 35.7 Å². The van der Waals surface area contributed by atoms with Crippen LogP contribution in [0.2, 0.25) is 0 Å². The van der Waals surface area contributed by atoms with E-state index in [1.165, 1.54) is 31.4 Å². The molecule has 1 unspecified atom stereocenters. The average molecular weight is 345 g/mol. The third-order valence-electron chi connectivity index (χ3n) is 3.83. The Bertz CT molecular complexity index is 730. The Morgan fingerprint density at radius 1 is 1.16 bits per heavy atom. The third-order valence-corrected chi connectivity index (χ3v) is 3.83. The standard InChI is InChI=1S/C19H20FNO4/c1-25-17-5-3-2-4-14(17)11-15(19(23)24)12-21-18(22)10-13-6-8-16(20)9-7-13/h2-9,15H,10-12H2,1H3,(H,21,22)(H,23,24). The quantitative estimate of drug-likeness (QED) is 0.770. The number of rotatable bonds is 8. The zero-order valence-electron chi connectivity index (χ0n) is 13.9. The first-order valence-corrected chi connectivity index (χ1v) is 7.85. The summed E-state index contributed by atoms with van der Waals surface area (Å²) in [5.74, 6) is -1.82. The van der Waals surface area contributed by atoms with Crippen LogP contribution < -0.4 is 10.1 Å². The molecule has 0 radical (unpaired) electrons. The van der Waals surface area contributed by atoms with Gasteiger partial charge in [0, 0.05) is 6.54 Å². The number of carbonyl (C=O) groups is 2. The van der Waals surface area contributed by atoms with Crippen molar-refractivity contribution in [2.45, 2.75) is 12.8 Å². The van der Waals surface area contributed by atoms with Gasteiger partial charge >= 0.3 is 5.97 Å². The maximum absolute atomic E-state index is 12.9. The molecule has 25 heavy (non-hydrogen) atoms. The van der Waals surface area contributed by atoms with E-state index in [0.29, 0.717) is 11.3 Å². The Balaban J connectivity index is 1.94. The van der Waals surface area contributed by atoms with Crippen LogP contribution in [0, 0.1) is 11.7 Å². The third kappa shape index (κ3) is 5.60. The van der Waals surface area contributed by atoms with Crippen LogP contribution in [0.1, 0.15) is 11.1 Å². The van der Waals surface area contributed by atoms with E-state index in [1.807, 2.05) is 12.1 Å². The highest BCUT2D eigenvalue weighted by Crippen LogP contribution is 2.21. The number of nitrogens with one attached hydrogen (secondary N) is 1. The van der Waals surface area contributed by atoms with Gasteiger partial charge in [0.15, 0.2) is 0 Å². The molecule has 2 rings (SSSR count). The number of hydrogen-bond acceptors (Lipinski definition) is 3. The van der Waals surface area contributed by atoms with Crippen molar-refractivity contribution in [3.8, 4) is 5.75 Å². The Morgan fingerprint density at radius 3 is 2.48 bits per heavy atom. The Morgan fingerprint density at radius 2 is 1.84 bits per heavy atom. The molecule has 1 atom stereocenters. The fourth-order valence-corrected chi connectivity index (χ4v) is 2.47. The fourth-order valence-electron chi connectivity index (χ4n) is 2.47. The summed E-state index contributed by atoms with van der Waals surface area (Å²) in [6, 6.07) is 12.8. The topological polar surface area (TPSA) is 75.6 Å². The lowest BCUT2D eigenvalue weighted by atomic mass is 9.98. The first-order chi connectivity index (χ1) is 12.0. The molecule has 2 aromatic rings. The lowest BCUT2D eigenvalue weighted by Gasteiger charge is -2.15. The normalized spacial score (nSPS) is 11.6. The molecule has 1 amide bonds. The van der Waals surface area contributed by atoms with Gasteiger partial charge in [-0.3, -0.25) is 9.59 Å². The Hall–Kier alpha value is -2.89. The van der Waals surface area contributed by atoms with E-state index in [2.05, 4.69) is 5.32 Å². The molecular weight excluding hydrogens is 325 g/mol. The van der Waals surface area contributed by atoms with Crippen molar-refractivity contribution >= 4 is 11.9 Å². The Labute approximate surface area is 145 Å². The maximum Gasteiger partial charge on any atom is 0.308 e. The van der Waals surface area contributed by atoms with Crippen LogP contribution in [-0.4, -0.2) is 30.6 Å². The van der Waals surface area contributed by atoms with Crippen molar-refractivity contribution in [1.82, 2.24) is 5.32 Å². The van der Waals surface area contributed by atoms with Gasteiger partial charge < -0.3 is 15.2 Å². The number of ether oxygens (including phenoxy) is 1. The Kier molecular flexibility index (Phi) is 6.51. The molecule has 2 aromatic carbocycles. The summed E-state index contributed by atoms with van der Waals surface area (Å²) in [5, 5.41) is 12.0. The number of amides is 1. The highest BCUT2D eigenvalue weighted by atomic mass is 19.1. The van der Waals surface area contributed by atoms with Crippen LogP contribution in [0.5, 0.6) is 5.75 Å². The lowest BCUT2D eigenvalue weighted by molar-refractivity contribution is -0.141. The maximum atomic E-state index is 12.9. The predicted molar refractivity (Wildman–Crippen MR) is 90.9 cm³/mol. The molecule has 0 aliphatic heterocycles. The summed E-state index contributed by atoms with van der Waals surface area (Å²) in [5.41, 5.74) is 1.43. The molecule has 0 fully saturated rings. The molecule has 0 heterocycles. The van der Waals surface area contributed by atoms with Crippen LogP contribution in [-0.2, 0) is 22.4 Å². The van der Waals surface area contributed by atoms with E-state index >= 15 is 0 Å². The molecule has 6 heteroatoms. The van der Waals surface area contributed by atoms with Gasteiger partial charge in [-0.2, -0.15) is 0 Å². The van der Waals surface area contributed by atoms with Crippen LogP contribution in [0.15, 0.2) is 48.5 Å². The van der Waals surface area contributed by atoms with Gasteiger partial charge in [0.05, 0.1) is 19.4 Å². The van der Waals surface area contributed by atoms with Gasteiger partial charge in [-0.1, -0.05) is 30.3 Å². The number of para-hydroxylation sites is 1. The van der Waals surface area contributed by atoms with Gasteiger partial charge in [0.2, 0.25) is 5.91 Å². The van der Waals surface area contributed by atoms with E-state index in [9.17, 15) is 19.1 Å². The second kappa shape index (κ2) is 8.82. The minimum absolute atomic E-state index is 0.00735. The highest BCUT2D eigenvalue weighted by molar-refractivity contribution is 5.79. The van der Waals surface area contributed by atoms with Crippen molar-refractivity contribution in [2.24, 2.45) is 5.92 Å². The predicted octanol–water partition coefficient (Wildman–Crippen LogP) is 2.44. The van der Waals surface area contributed by atoms with E-state index in [1.54, 1.807) is 12.1 Å². The van der Waals surface area contributed by atoms with E-state index in [4.69, 9.17) is 4.74 Å². The van der Waals surface area contributed by atoms with Crippen LogP contribution in [0.25, 0.3) is 0 Å². The second-order valence-electron chi connectivity index (χ2n) is 5.66. The molecule has 0 bridgehead atoms. The first-order valence-electron chi connectivity index (χ1n) is 7.85. The zero-order chi connectivity index (χ0) is 18.2. The van der Waals surface area contributed by atoms with Crippen molar-refractivity contribution in [2.75, 3.05) is 13.7 Å². The summed E-state index contributed by atoms with van der Waals surface area (Å²) in [6.45, 7) is 0.00735. The largest absolute Gasteiger partial charge is 0.496 e. The minimum Gasteiger partial charge on any atom is -0.496 e. The minimum atomic E-state index is -0.993. The zero-order valence-corrected chi connectivity index (χ0v) is 13.9. The van der Waals surface area contributed by atoms with Crippen molar-refractivity contribution < 1.29 is 23.8 Å². The number of halogens is 1. The van der Waals surface area contributed by atoms with Gasteiger partial charge in [-0.15, -0.1) is 0 Å². The average Bonchev–Trinajstić information content (AvgIpc) is 2.60. The number of aliphatic carboxylic acids is 1. The van der Waals surface area contributed by atoms with Gasteiger partial charge in [-0.25, -0.2) is 4.39 Å². The molecule has 132 valence electrons. The van der Waals surface area contributed by atoms with Crippen LogP contribution in [0.4, 0.5) is 4.39 Å². The molecule has 0 saturated carbocycles. The summed E-state index contributed by atoms with van der Waals surface area (Å²) < 4.78 is 18.1. The molecule has 2 N–H and O–H groups in total. The second-order valence-corrected chi connectivity index (χ2v) is 5.66. The van der Waals surface area contributed by atoms with Crippen LogP contribution >= 0.6 is 0 Å². The number of carboxylic acids is 1. The number of methoxy groups -OCH3 is 1. The molecule has 0 aliphatic rings. The summed E-state index contributed by atoms with van der Waals surface area (Å²) in [6.07, 6.45) is 0.317. The van der Waals surface area contributed by atoms with E-state index in [0.717, 1.165) is 5.56 Å². The van der Waals surface area contributed by atoms with Crippen molar-refractivity contribution in [1.29, 1.82) is 0 Å². The molecule has 5 nitrogen and oxygen atoms in total. The number of carbonyl (C=O) groups excluding carboxylic acids is 1. The number of carboxylic acid groups (broad SMARTS) is 1. The molecule has 0 spiro atoms. The van der Waals surface area contributed by atoms with Crippen molar-refractivity contribution in [3.63, 3.8) is 0 Å². The SMILES string of the molecule is COc1ccccc1CC(CNC(=O)Cc1ccc(F)cc1)C(=O)O. The van der Waals surface area contributed by atoms with Gasteiger partial charge in [0.25, 0.3) is 0 Å². The fraction of sp³-hybridized carbons (Fsp3) is 0.263. The monoisotopic (exact) mass is 345 g/mol. The first kappa shape index (κ1) is 18.4. The molecule has 0 aliphatic carbocycles. The number of hydrogen-bond donors (Lipinski definition) is 2. The van der Waals surface area contributed by atoms with E-state index < -0.39 is 11.9 Å². The van der Waals surface area contributed by atoms with E-state index in [-0.39, 0.29) is 31.1 Å².